The van der Waals surface area contributed by atoms with Crippen molar-refractivity contribution in [3.63, 3.8) is 0 Å². The summed E-state index contributed by atoms with van der Waals surface area (Å²) in [6, 6.07) is 0.106. The maximum atomic E-state index is 13.2. The van der Waals surface area contributed by atoms with Crippen LogP contribution in [0.3, 0.4) is 0 Å². The van der Waals surface area contributed by atoms with Gasteiger partial charge in [-0.2, -0.15) is 4.98 Å². The highest BCUT2D eigenvalue weighted by molar-refractivity contribution is 5.00. The van der Waals surface area contributed by atoms with Gasteiger partial charge >= 0.3 is 0 Å². The lowest BCUT2D eigenvalue weighted by Gasteiger charge is -2.30. The highest BCUT2D eigenvalue weighted by Gasteiger charge is 2.37. The summed E-state index contributed by atoms with van der Waals surface area (Å²) in [5, 5.41) is 7.38. The summed E-state index contributed by atoms with van der Waals surface area (Å²) in [4.78, 5) is 6.78. The van der Waals surface area contributed by atoms with Crippen LogP contribution in [0.1, 0.15) is 56.3 Å². The minimum atomic E-state index is -2.52. The van der Waals surface area contributed by atoms with Crippen LogP contribution in [0.25, 0.3) is 0 Å². The molecule has 21 heavy (non-hydrogen) atoms. The monoisotopic (exact) mass is 300 g/mol. The van der Waals surface area contributed by atoms with Crippen LogP contribution >= 0.6 is 0 Å². The van der Waals surface area contributed by atoms with Crippen LogP contribution in [0, 0.1) is 0 Å². The highest BCUT2D eigenvalue weighted by atomic mass is 19.3. The molecule has 1 aliphatic carbocycles. The molecular weight excluding hydrogens is 278 g/mol. The number of alkyl halides is 2. The van der Waals surface area contributed by atoms with Crippen molar-refractivity contribution in [2.75, 3.05) is 26.2 Å². The van der Waals surface area contributed by atoms with Gasteiger partial charge in [-0.05, 0) is 19.8 Å². The summed E-state index contributed by atoms with van der Waals surface area (Å²) in [5.41, 5.74) is 0. The standard InChI is InChI=1S/C14H22F2N4O/c1-10(20-8-6-17-7-9-20)12-18-13(21-19-12)11-2-4-14(15,16)5-3-11/h10-11,17H,2-9H2,1H3. The molecule has 0 radical (unpaired) electrons. The van der Waals surface area contributed by atoms with E-state index in [-0.39, 0.29) is 24.8 Å². The van der Waals surface area contributed by atoms with E-state index in [1.807, 2.05) is 0 Å². The van der Waals surface area contributed by atoms with Gasteiger partial charge in [-0.15, -0.1) is 0 Å². The smallest absolute Gasteiger partial charge is 0.248 e. The first-order valence-electron chi connectivity index (χ1n) is 7.71. The van der Waals surface area contributed by atoms with Crippen LogP contribution in [0.5, 0.6) is 0 Å². The van der Waals surface area contributed by atoms with Crippen LogP contribution in [-0.4, -0.2) is 47.1 Å². The van der Waals surface area contributed by atoms with Crippen LogP contribution in [0.2, 0.25) is 0 Å². The zero-order valence-electron chi connectivity index (χ0n) is 12.3. The van der Waals surface area contributed by atoms with Crippen LogP contribution in [0.4, 0.5) is 8.78 Å². The van der Waals surface area contributed by atoms with Gasteiger partial charge in [0.25, 0.3) is 0 Å². The Hall–Kier alpha value is -1.08. The third-order valence-corrected chi connectivity index (χ3v) is 4.60. The molecule has 1 atom stereocenters. The fourth-order valence-electron chi connectivity index (χ4n) is 3.10. The predicted molar refractivity (Wildman–Crippen MR) is 73.3 cm³/mol. The van der Waals surface area contributed by atoms with E-state index in [4.69, 9.17) is 4.52 Å². The first-order chi connectivity index (χ1) is 10.1. The SMILES string of the molecule is CC(c1noc(C2CCC(F)(F)CC2)n1)N1CCNCC1. The van der Waals surface area contributed by atoms with E-state index in [0.29, 0.717) is 24.6 Å². The topological polar surface area (TPSA) is 54.2 Å². The molecule has 1 saturated heterocycles. The zero-order valence-corrected chi connectivity index (χ0v) is 12.3. The Bertz CT molecular complexity index is 463. The number of aromatic nitrogens is 2. The maximum absolute atomic E-state index is 13.2. The minimum absolute atomic E-state index is 0.0129. The fourth-order valence-corrected chi connectivity index (χ4v) is 3.10. The van der Waals surface area contributed by atoms with Gasteiger partial charge in [-0.3, -0.25) is 4.90 Å². The zero-order chi connectivity index (χ0) is 14.9. The fraction of sp³-hybridized carbons (Fsp3) is 0.857. The van der Waals surface area contributed by atoms with Gasteiger partial charge in [-0.1, -0.05) is 5.16 Å². The summed E-state index contributed by atoms with van der Waals surface area (Å²) < 4.78 is 31.7. The molecule has 5 nitrogen and oxygen atoms in total. The van der Waals surface area contributed by atoms with Crippen molar-refractivity contribution >= 4 is 0 Å². The number of nitrogens with zero attached hydrogens (tertiary/aromatic N) is 3. The molecule has 7 heteroatoms. The van der Waals surface area contributed by atoms with Gasteiger partial charge in [0.1, 0.15) is 0 Å². The molecule has 2 heterocycles. The molecule has 3 rings (SSSR count). The molecule has 0 aromatic carbocycles. The second-order valence-electron chi connectivity index (χ2n) is 6.08. The van der Waals surface area contributed by atoms with Crippen molar-refractivity contribution in [2.24, 2.45) is 0 Å². The van der Waals surface area contributed by atoms with E-state index >= 15 is 0 Å². The third kappa shape index (κ3) is 3.40. The maximum Gasteiger partial charge on any atom is 0.248 e. The summed E-state index contributed by atoms with van der Waals surface area (Å²) >= 11 is 0. The summed E-state index contributed by atoms with van der Waals surface area (Å²) in [6.45, 7) is 5.91. The lowest BCUT2D eigenvalue weighted by molar-refractivity contribution is -0.0402. The van der Waals surface area contributed by atoms with Crippen molar-refractivity contribution < 1.29 is 13.3 Å². The Labute approximate surface area is 123 Å². The van der Waals surface area contributed by atoms with Gasteiger partial charge in [-0.25, -0.2) is 8.78 Å². The average Bonchev–Trinajstić information content (AvgIpc) is 2.97. The predicted octanol–water partition coefficient (Wildman–Crippen LogP) is 2.33. The van der Waals surface area contributed by atoms with E-state index in [0.717, 1.165) is 26.2 Å². The average molecular weight is 300 g/mol. The second kappa shape index (κ2) is 5.96. The van der Waals surface area contributed by atoms with E-state index < -0.39 is 5.92 Å². The van der Waals surface area contributed by atoms with Crippen molar-refractivity contribution in [2.45, 2.75) is 50.5 Å². The molecule has 118 valence electrons. The molecule has 2 fully saturated rings. The van der Waals surface area contributed by atoms with Gasteiger partial charge in [0.05, 0.1) is 6.04 Å². The van der Waals surface area contributed by atoms with Crippen molar-refractivity contribution in [1.29, 1.82) is 0 Å². The third-order valence-electron chi connectivity index (χ3n) is 4.60. The van der Waals surface area contributed by atoms with E-state index in [1.165, 1.54) is 0 Å². The molecule has 1 aliphatic heterocycles. The molecule has 0 spiro atoms. The van der Waals surface area contributed by atoms with E-state index in [2.05, 4.69) is 27.3 Å². The Morgan fingerprint density at radius 2 is 1.95 bits per heavy atom. The number of rotatable bonds is 3. The second-order valence-corrected chi connectivity index (χ2v) is 6.08. The number of hydrogen-bond acceptors (Lipinski definition) is 5. The van der Waals surface area contributed by atoms with Crippen LogP contribution in [0.15, 0.2) is 4.52 Å². The largest absolute Gasteiger partial charge is 0.339 e. The van der Waals surface area contributed by atoms with Crippen molar-refractivity contribution in [3.05, 3.63) is 11.7 Å². The van der Waals surface area contributed by atoms with Gasteiger partial charge < -0.3 is 9.84 Å². The number of nitrogens with one attached hydrogen (secondary N) is 1. The first kappa shape index (κ1) is 14.8. The molecule has 0 bridgehead atoms. The summed E-state index contributed by atoms with van der Waals surface area (Å²) in [5.74, 6) is -1.33. The first-order valence-corrected chi connectivity index (χ1v) is 7.71. The Morgan fingerprint density at radius 1 is 1.29 bits per heavy atom. The minimum Gasteiger partial charge on any atom is -0.339 e. The van der Waals surface area contributed by atoms with Crippen molar-refractivity contribution in [3.8, 4) is 0 Å². The number of piperazine rings is 1. The molecule has 1 aromatic heterocycles. The van der Waals surface area contributed by atoms with Crippen LogP contribution < -0.4 is 5.32 Å². The van der Waals surface area contributed by atoms with Crippen molar-refractivity contribution in [1.82, 2.24) is 20.4 Å². The lowest BCUT2D eigenvalue weighted by Crippen LogP contribution is -2.44. The highest BCUT2D eigenvalue weighted by Crippen LogP contribution is 2.40. The quantitative estimate of drug-likeness (QED) is 0.928. The molecule has 2 aliphatic rings. The summed E-state index contributed by atoms with van der Waals surface area (Å²) in [6.07, 6.45) is 0.693. The Morgan fingerprint density at radius 3 is 2.62 bits per heavy atom. The van der Waals surface area contributed by atoms with Crippen LogP contribution in [-0.2, 0) is 0 Å². The number of hydrogen-bond donors (Lipinski definition) is 1. The molecular formula is C14H22F2N4O. The van der Waals surface area contributed by atoms with E-state index in [1.54, 1.807) is 0 Å². The lowest BCUT2D eigenvalue weighted by atomic mass is 9.87. The summed E-state index contributed by atoms with van der Waals surface area (Å²) in [7, 11) is 0. The Balaban J connectivity index is 1.63. The molecule has 1 aromatic rings. The Kier molecular flexibility index (Phi) is 4.21. The van der Waals surface area contributed by atoms with Gasteiger partial charge in [0.15, 0.2) is 5.82 Å². The normalized spacial score (nSPS) is 25.9. The molecule has 1 saturated carbocycles. The van der Waals surface area contributed by atoms with E-state index in [9.17, 15) is 8.78 Å². The number of halogens is 2. The van der Waals surface area contributed by atoms with Gasteiger partial charge in [0, 0.05) is 44.9 Å². The van der Waals surface area contributed by atoms with Gasteiger partial charge in [0.2, 0.25) is 11.8 Å². The molecule has 1 N–H and O–H groups in total. The molecule has 1 unspecified atom stereocenters. The molecule has 0 amide bonds.